The molecule has 2 atom stereocenters. The van der Waals surface area contributed by atoms with Crippen molar-refractivity contribution in [3.63, 3.8) is 0 Å². The summed E-state index contributed by atoms with van der Waals surface area (Å²) in [7, 11) is 0. The van der Waals surface area contributed by atoms with Gasteiger partial charge in [-0.15, -0.1) is 0 Å². The van der Waals surface area contributed by atoms with E-state index in [1.807, 2.05) is 210 Å². The van der Waals surface area contributed by atoms with E-state index >= 15 is 4.79 Å². The van der Waals surface area contributed by atoms with Crippen LogP contribution in [0.4, 0.5) is 0 Å². The number of benzene rings is 8. The predicted molar refractivity (Wildman–Crippen MR) is 261 cm³/mol. The van der Waals surface area contributed by atoms with Crippen LogP contribution in [0.15, 0.2) is 182 Å². The van der Waals surface area contributed by atoms with Crippen molar-refractivity contribution in [2.24, 2.45) is 11.1 Å². The topological polar surface area (TPSA) is 104 Å². The fraction of sp³-hybridized carbons (Fsp3) is 0.220. The molecule has 326 valence electrons. The molecule has 9 rings (SSSR count). The highest BCUT2D eigenvalue weighted by atomic mass is 16.3. The minimum Gasteiger partial charge on any atom is -0.378 e. The van der Waals surface area contributed by atoms with Crippen LogP contribution in [0.3, 0.4) is 0 Å². The molecule has 0 bridgehead atoms. The Balaban J connectivity index is 1.54. The predicted octanol–water partition coefficient (Wildman–Crippen LogP) is 11.8. The smallest absolute Gasteiger partial charge is 0.239 e. The van der Waals surface area contributed by atoms with Crippen molar-refractivity contribution >= 4 is 33.4 Å². The molecule has 0 spiro atoms. The SMILES string of the molecule is Cc1cccc(C(O)(c2cccc(C)c2)[C@H](c2cccc3ccccc23)N(C(=O)C2(C(N)=O)CCCC2)[C@@H](c2cccc3ccccc23)C(O)(c2cccc(C)c2)c2cccc(C)c2)c1. The van der Waals surface area contributed by atoms with Gasteiger partial charge in [0.05, 0.1) is 12.1 Å². The Kier molecular flexibility index (Phi) is 11.5. The van der Waals surface area contributed by atoms with Crippen LogP contribution in [0, 0.1) is 33.1 Å². The van der Waals surface area contributed by atoms with E-state index in [9.17, 15) is 15.0 Å². The quantitative estimate of drug-likeness (QED) is 0.106. The van der Waals surface area contributed by atoms with Crippen LogP contribution in [-0.4, -0.2) is 26.9 Å². The van der Waals surface area contributed by atoms with E-state index in [4.69, 9.17) is 5.73 Å². The van der Waals surface area contributed by atoms with Gasteiger partial charge in [-0.05, 0) is 95.5 Å². The molecule has 6 nitrogen and oxygen atoms in total. The molecule has 0 aliphatic heterocycles. The van der Waals surface area contributed by atoms with E-state index in [1.54, 1.807) is 4.90 Å². The van der Waals surface area contributed by atoms with Crippen LogP contribution in [-0.2, 0) is 20.8 Å². The van der Waals surface area contributed by atoms with Crippen molar-refractivity contribution in [1.82, 2.24) is 4.90 Å². The summed E-state index contributed by atoms with van der Waals surface area (Å²) >= 11 is 0. The highest BCUT2D eigenvalue weighted by molar-refractivity contribution is 6.05. The summed E-state index contributed by atoms with van der Waals surface area (Å²) in [5.41, 5.74) is 7.98. The number of aliphatic hydroxyl groups is 2. The normalized spacial score (nSPS) is 14.9. The van der Waals surface area contributed by atoms with Gasteiger partial charge in [0.15, 0.2) is 0 Å². The third-order valence-corrected chi connectivity index (χ3v) is 14.0. The summed E-state index contributed by atoms with van der Waals surface area (Å²) in [6.07, 6.45) is 1.67. The summed E-state index contributed by atoms with van der Waals surface area (Å²) in [4.78, 5) is 33.2. The van der Waals surface area contributed by atoms with Gasteiger partial charge in [0.2, 0.25) is 11.8 Å². The van der Waals surface area contributed by atoms with E-state index in [1.165, 1.54) is 0 Å². The summed E-state index contributed by atoms with van der Waals surface area (Å²) < 4.78 is 0. The Labute approximate surface area is 382 Å². The average molecular weight is 857 g/mol. The van der Waals surface area contributed by atoms with Crippen LogP contribution in [0.5, 0.6) is 0 Å². The van der Waals surface area contributed by atoms with Crippen LogP contribution >= 0.6 is 0 Å². The second kappa shape index (κ2) is 17.3. The van der Waals surface area contributed by atoms with Crippen LogP contribution in [0.2, 0.25) is 0 Å². The van der Waals surface area contributed by atoms with E-state index < -0.39 is 40.5 Å². The molecule has 6 heteroatoms. The van der Waals surface area contributed by atoms with E-state index in [0.717, 1.165) is 43.8 Å². The third-order valence-electron chi connectivity index (χ3n) is 14.0. The van der Waals surface area contributed by atoms with Gasteiger partial charge in [-0.1, -0.05) is 217 Å². The third kappa shape index (κ3) is 7.51. The number of hydrogen-bond acceptors (Lipinski definition) is 4. The van der Waals surface area contributed by atoms with Gasteiger partial charge >= 0.3 is 0 Å². The Bertz CT molecular complexity index is 2790. The first-order valence-corrected chi connectivity index (χ1v) is 22.7. The van der Waals surface area contributed by atoms with Crippen molar-refractivity contribution in [1.29, 1.82) is 0 Å². The molecule has 0 unspecified atom stereocenters. The van der Waals surface area contributed by atoms with Crippen molar-refractivity contribution in [2.45, 2.75) is 76.7 Å². The minimum absolute atomic E-state index is 0.225. The molecule has 1 aliphatic rings. The van der Waals surface area contributed by atoms with Crippen molar-refractivity contribution in [3.05, 3.63) is 238 Å². The first-order valence-electron chi connectivity index (χ1n) is 22.7. The molecule has 1 saturated carbocycles. The fourth-order valence-corrected chi connectivity index (χ4v) is 10.8. The highest BCUT2D eigenvalue weighted by Crippen LogP contribution is 2.57. The molecule has 0 radical (unpaired) electrons. The first kappa shape index (κ1) is 43.4. The Hall–Kier alpha value is -6.86. The molecule has 0 aromatic heterocycles. The summed E-state index contributed by atoms with van der Waals surface area (Å²) in [5.74, 6) is -1.27. The van der Waals surface area contributed by atoms with Gasteiger partial charge in [0.25, 0.3) is 0 Å². The molecule has 1 fully saturated rings. The summed E-state index contributed by atoms with van der Waals surface area (Å²) in [5, 5.41) is 33.0. The monoisotopic (exact) mass is 856 g/mol. The molecule has 0 heterocycles. The van der Waals surface area contributed by atoms with Crippen LogP contribution < -0.4 is 5.73 Å². The molecular weight excluding hydrogens is 801 g/mol. The number of rotatable bonds is 12. The lowest BCUT2D eigenvalue weighted by molar-refractivity contribution is -0.168. The van der Waals surface area contributed by atoms with E-state index in [0.29, 0.717) is 46.2 Å². The van der Waals surface area contributed by atoms with Gasteiger partial charge in [-0.25, -0.2) is 0 Å². The van der Waals surface area contributed by atoms with Crippen molar-refractivity contribution in [3.8, 4) is 0 Å². The van der Waals surface area contributed by atoms with Crippen molar-refractivity contribution in [2.75, 3.05) is 0 Å². The lowest BCUT2D eigenvalue weighted by Crippen LogP contribution is -2.59. The van der Waals surface area contributed by atoms with Crippen molar-refractivity contribution < 1.29 is 19.8 Å². The Morgan fingerprint density at radius 3 is 1.15 bits per heavy atom. The number of fused-ring (bicyclic) bond motifs is 2. The van der Waals surface area contributed by atoms with Gasteiger partial charge < -0.3 is 20.8 Å². The Morgan fingerprint density at radius 2 is 0.815 bits per heavy atom. The number of hydrogen-bond donors (Lipinski definition) is 3. The maximum atomic E-state index is 17.1. The molecule has 8 aromatic rings. The van der Waals surface area contributed by atoms with E-state index in [2.05, 4.69) is 0 Å². The molecule has 1 aliphatic carbocycles. The van der Waals surface area contributed by atoms with Gasteiger partial charge in [-0.3, -0.25) is 9.59 Å². The van der Waals surface area contributed by atoms with E-state index in [-0.39, 0.29) is 12.8 Å². The molecule has 8 aromatic carbocycles. The number of amides is 2. The Morgan fingerprint density at radius 1 is 0.492 bits per heavy atom. The number of carbonyl (C=O) groups is 2. The second-order valence-electron chi connectivity index (χ2n) is 18.3. The zero-order valence-corrected chi connectivity index (χ0v) is 37.5. The van der Waals surface area contributed by atoms with Crippen LogP contribution in [0.25, 0.3) is 21.5 Å². The van der Waals surface area contributed by atoms with Gasteiger partial charge in [-0.2, -0.15) is 0 Å². The fourth-order valence-electron chi connectivity index (χ4n) is 10.8. The summed E-state index contributed by atoms with van der Waals surface area (Å²) in [6, 6.07) is 56.5. The molecule has 2 amide bonds. The average Bonchev–Trinajstić information content (AvgIpc) is 3.83. The lowest BCUT2D eigenvalue weighted by atomic mass is 9.69. The largest absolute Gasteiger partial charge is 0.378 e. The first-order chi connectivity index (χ1) is 31.4. The second-order valence-corrected chi connectivity index (χ2v) is 18.3. The zero-order chi connectivity index (χ0) is 45.5. The molecular formula is C59H56N2O4. The number of nitrogens with two attached hydrogens (primary N) is 1. The minimum atomic E-state index is -2.02. The molecule has 65 heavy (non-hydrogen) atoms. The van der Waals surface area contributed by atoms with Crippen LogP contribution in [0.1, 0.15) is 93.4 Å². The van der Waals surface area contributed by atoms with Gasteiger partial charge in [0.1, 0.15) is 16.6 Å². The maximum absolute atomic E-state index is 17.1. The highest BCUT2D eigenvalue weighted by Gasteiger charge is 2.60. The lowest BCUT2D eigenvalue weighted by Gasteiger charge is -2.53. The summed E-state index contributed by atoms with van der Waals surface area (Å²) in [6.45, 7) is 7.96. The number of primary amides is 1. The zero-order valence-electron chi connectivity index (χ0n) is 37.5. The number of carbonyl (C=O) groups excluding carboxylic acids is 2. The molecule has 0 saturated heterocycles. The standard InChI is InChI=1S/C59H56N2O4/c1-39-17-11-25-45(35-39)58(64,46-26-12-18-40(2)36-46)53(51-31-15-23-43-21-5-7-29-49(43)51)61(56(63)57(55(60)62)33-9-10-34-57)54(52-32-16-24-44-22-6-8-30-50(44)52)59(65,47-27-13-19-41(3)37-47)48-28-14-20-42(4)38-48/h5-8,11-32,35-38,53-54,64-65H,9-10,33-34H2,1-4H3,(H2,60,62)/t53-,54-/m0/s1. The van der Waals surface area contributed by atoms with Gasteiger partial charge in [0, 0.05) is 0 Å². The molecule has 4 N–H and O–H groups in total. The maximum Gasteiger partial charge on any atom is 0.239 e. The number of aryl methyl sites for hydroxylation is 4. The number of nitrogens with zero attached hydrogens (tertiary/aromatic N) is 1.